The highest BCUT2D eigenvalue weighted by Crippen LogP contribution is 2.27. The van der Waals surface area contributed by atoms with Gasteiger partial charge in [0.05, 0.1) is 6.04 Å². The number of nitrogens with one attached hydrogen (secondary N) is 1. The van der Waals surface area contributed by atoms with E-state index in [4.69, 9.17) is 26.6 Å². The predicted octanol–water partition coefficient (Wildman–Crippen LogP) is 3.26. The number of furan rings is 1. The van der Waals surface area contributed by atoms with Crippen LogP contribution in [-0.2, 0) is 4.74 Å². The van der Waals surface area contributed by atoms with Crippen molar-refractivity contribution in [1.29, 1.82) is 0 Å². The largest absolute Gasteiger partial charge is 0.459 e. The molecule has 1 unspecified atom stereocenters. The molecule has 7 heteroatoms. The van der Waals surface area contributed by atoms with E-state index in [9.17, 15) is 8.78 Å². The summed E-state index contributed by atoms with van der Waals surface area (Å²) >= 11 is 5.90. The van der Waals surface area contributed by atoms with Gasteiger partial charge < -0.3 is 9.15 Å². The summed E-state index contributed by atoms with van der Waals surface area (Å²) in [6.45, 7) is -0.413. The summed E-state index contributed by atoms with van der Waals surface area (Å²) in [5.41, 5.74) is 3.28. The van der Waals surface area contributed by atoms with Crippen molar-refractivity contribution in [3.8, 4) is 0 Å². The average molecular weight is 305 g/mol. The van der Waals surface area contributed by atoms with Crippen molar-refractivity contribution >= 4 is 22.6 Å². The van der Waals surface area contributed by atoms with Gasteiger partial charge in [-0.25, -0.2) is 14.2 Å². The Bertz CT molecular complexity index is 562. The zero-order chi connectivity index (χ0) is 14.5. The molecule has 0 amide bonds. The van der Waals surface area contributed by atoms with Gasteiger partial charge in [0, 0.05) is 17.0 Å². The summed E-state index contributed by atoms with van der Waals surface area (Å²) in [6, 6.07) is 6.79. The molecule has 0 spiro atoms. The second-order valence-electron chi connectivity index (χ2n) is 4.30. The fourth-order valence-electron chi connectivity index (χ4n) is 1.89. The van der Waals surface area contributed by atoms with Crippen molar-refractivity contribution in [2.24, 2.45) is 5.84 Å². The molecular formula is C13H15ClF2N2O2. The minimum absolute atomic E-state index is 0.164. The van der Waals surface area contributed by atoms with Crippen molar-refractivity contribution in [1.82, 2.24) is 5.43 Å². The third-order valence-electron chi connectivity index (χ3n) is 2.84. The van der Waals surface area contributed by atoms with E-state index in [0.717, 1.165) is 5.39 Å². The number of alkyl halides is 2. The van der Waals surface area contributed by atoms with Gasteiger partial charge in [0.1, 0.15) is 18.0 Å². The lowest BCUT2D eigenvalue weighted by Crippen LogP contribution is -2.28. The SMILES string of the molecule is NNC(CCOCC(F)F)c1cc2cc(Cl)ccc2o1. The Morgan fingerprint density at radius 2 is 2.15 bits per heavy atom. The molecule has 0 radical (unpaired) electrons. The summed E-state index contributed by atoms with van der Waals surface area (Å²) in [5.74, 6) is 6.07. The molecule has 2 aromatic rings. The van der Waals surface area contributed by atoms with Crippen molar-refractivity contribution in [2.45, 2.75) is 18.9 Å². The molecule has 20 heavy (non-hydrogen) atoms. The molecule has 0 aliphatic rings. The van der Waals surface area contributed by atoms with Crippen molar-refractivity contribution in [3.05, 3.63) is 35.0 Å². The molecule has 0 aliphatic carbocycles. The minimum atomic E-state index is -2.47. The first kappa shape index (κ1) is 15.2. The summed E-state index contributed by atoms with van der Waals surface area (Å²) in [4.78, 5) is 0. The highest BCUT2D eigenvalue weighted by atomic mass is 35.5. The molecule has 0 saturated carbocycles. The Kier molecular flexibility index (Phi) is 5.31. The van der Waals surface area contributed by atoms with Crippen LogP contribution in [0.25, 0.3) is 11.0 Å². The van der Waals surface area contributed by atoms with E-state index in [2.05, 4.69) is 5.43 Å². The monoisotopic (exact) mass is 304 g/mol. The van der Waals surface area contributed by atoms with Crippen LogP contribution in [0.2, 0.25) is 5.02 Å². The molecule has 1 aromatic carbocycles. The number of fused-ring (bicyclic) bond motifs is 1. The molecular weight excluding hydrogens is 290 g/mol. The zero-order valence-electron chi connectivity index (χ0n) is 10.6. The van der Waals surface area contributed by atoms with E-state index in [1.807, 2.05) is 6.07 Å². The summed E-state index contributed by atoms with van der Waals surface area (Å²) in [6.07, 6.45) is -2.04. The smallest absolute Gasteiger partial charge is 0.261 e. The first-order valence-corrected chi connectivity index (χ1v) is 6.49. The van der Waals surface area contributed by atoms with E-state index in [1.54, 1.807) is 18.2 Å². The normalized spacial score (nSPS) is 13.2. The third-order valence-corrected chi connectivity index (χ3v) is 3.07. The van der Waals surface area contributed by atoms with Gasteiger partial charge in [-0.2, -0.15) is 0 Å². The zero-order valence-corrected chi connectivity index (χ0v) is 11.4. The van der Waals surface area contributed by atoms with Gasteiger partial charge in [-0.15, -0.1) is 0 Å². The van der Waals surface area contributed by atoms with E-state index in [-0.39, 0.29) is 12.6 Å². The fraction of sp³-hybridized carbons (Fsp3) is 0.385. The van der Waals surface area contributed by atoms with Crippen LogP contribution < -0.4 is 11.3 Å². The Morgan fingerprint density at radius 1 is 1.35 bits per heavy atom. The summed E-state index contributed by atoms with van der Waals surface area (Å²) < 4.78 is 34.4. The molecule has 0 bridgehead atoms. The van der Waals surface area contributed by atoms with Gasteiger partial charge in [0.25, 0.3) is 6.43 Å². The second kappa shape index (κ2) is 6.99. The maximum atomic E-state index is 11.9. The van der Waals surface area contributed by atoms with Crippen LogP contribution in [0.4, 0.5) is 8.78 Å². The number of hydrogen-bond acceptors (Lipinski definition) is 4. The molecule has 0 saturated heterocycles. The molecule has 0 aliphatic heterocycles. The molecule has 2 rings (SSSR count). The number of hydrazine groups is 1. The van der Waals surface area contributed by atoms with Crippen molar-refractivity contribution < 1.29 is 17.9 Å². The Hall–Kier alpha value is -1.21. The van der Waals surface area contributed by atoms with Gasteiger partial charge in [0.15, 0.2) is 0 Å². The first-order valence-electron chi connectivity index (χ1n) is 6.11. The quantitative estimate of drug-likeness (QED) is 0.468. The fourth-order valence-corrected chi connectivity index (χ4v) is 2.07. The van der Waals surface area contributed by atoms with Crippen LogP contribution in [0.3, 0.4) is 0 Å². The lowest BCUT2D eigenvalue weighted by atomic mass is 10.1. The molecule has 3 N–H and O–H groups in total. The maximum absolute atomic E-state index is 11.9. The summed E-state index contributed by atoms with van der Waals surface area (Å²) in [5, 5.41) is 1.48. The minimum Gasteiger partial charge on any atom is -0.459 e. The van der Waals surface area contributed by atoms with Crippen LogP contribution in [0.5, 0.6) is 0 Å². The van der Waals surface area contributed by atoms with Gasteiger partial charge >= 0.3 is 0 Å². The van der Waals surface area contributed by atoms with Crippen molar-refractivity contribution in [3.63, 3.8) is 0 Å². The van der Waals surface area contributed by atoms with E-state index in [1.165, 1.54) is 0 Å². The Labute approximate surface area is 119 Å². The lowest BCUT2D eigenvalue weighted by Gasteiger charge is -2.13. The van der Waals surface area contributed by atoms with Crippen LogP contribution in [-0.4, -0.2) is 19.6 Å². The van der Waals surface area contributed by atoms with E-state index < -0.39 is 13.0 Å². The molecule has 4 nitrogen and oxygen atoms in total. The van der Waals surface area contributed by atoms with Gasteiger partial charge in [-0.1, -0.05) is 11.6 Å². The predicted molar refractivity (Wildman–Crippen MR) is 72.7 cm³/mol. The van der Waals surface area contributed by atoms with Crippen molar-refractivity contribution in [2.75, 3.05) is 13.2 Å². The Balaban J connectivity index is 2.01. The van der Waals surface area contributed by atoms with Crippen LogP contribution in [0.1, 0.15) is 18.2 Å². The summed E-state index contributed by atoms with van der Waals surface area (Å²) in [7, 11) is 0. The van der Waals surface area contributed by atoms with E-state index in [0.29, 0.717) is 22.8 Å². The second-order valence-corrected chi connectivity index (χ2v) is 4.74. The number of hydrogen-bond donors (Lipinski definition) is 2. The van der Waals surface area contributed by atoms with Gasteiger partial charge in [-0.05, 0) is 30.7 Å². The van der Waals surface area contributed by atoms with Gasteiger partial charge in [-0.3, -0.25) is 5.84 Å². The molecule has 110 valence electrons. The standard InChI is InChI=1S/C13H15ClF2N2O2/c14-9-1-2-11-8(5-9)6-12(20-11)10(18-17)3-4-19-7-13(15)16/h1-2,5-6,10,13,18H,3-4,7,17H2. The van der Waals surface area contributed by atoms with Crippen LogP contribution in [0, 0.1) is 0 Å². The van der Waals surface area contributed by atoms with Gasteiger partial charge in [0.2, 0.25) is 0 Å². The number of ether oxygens (including phenoxy) is 1. The lowest BCUT2D eigenvalue weighted by molar-refractivity contribution is 0.0139. The Morgan fingerprint density at radius 3 is 2.85 bits per heavy atom. The highest BCUT2D eigenvalue weighted by Gasteiger charge is 2.15. The first-order chi connectivity index (χ1) is 9.60. The molecule has 1 atom stereocenters. The number of halogens is 3. The average Bonchev–Trinajstić information content (AvgIpc) is 2.81. The topological polar surface area (TPSA) is 60.4 Å². The maximum Gasteiger partial charge on any atom is 0.261 e. The number of rotatable bonds is 7. The van der Waals surface area contributed by atoms with Crippen LogP contribution in [0.15, 0.2) is 28.7 Å². The highest BCUT2D eigenvalue weighted by molar-refractivity contribution is 6.31. The van der Waals surface area contributed by atoms with Crippen LogP contribution >= 0.6 is 11.6 Å². The third kappa shape index (κ3) is 3.89. The molecule has 1 aromatic heterocycles. The number of nitrogens with two attached hydrogens (primary N) is 1. The molecule has 0 fully saturated rings. The van der Waals surface area contributed by atoms with E-state index >= 15 is 0 Å². The molecule has 1 heterocycles. The number of benzene rings is 1.